The van der Waals surface area contributed by atoms with Crippen LogP contribution in [0.2, 0.25) is 10.0 Å². The van der Waals surface area contributed by atoms with Crippen molar-refractivity contribution in [2.75, 3.05) is 0 Å². The van der Waals surface area contributed by atoms with Crippen molar-refractivity contribution < 1.29 is 19.0 Å². The number of carbonyl (C=O) groups excluding carboxylic acids is 1. The lowest BCUT2D eigenvalue weighted by atomic mass is 10.2. The molecule has 4 rings (SSSR count). The van der Waals surface area contributed by atoms with Crippen LogP contribution in [0.25, 0.3) is 0 Å². The van der Waals surface area contributed by atoms with E-state index in [1.54, 1.807) is 54.6 Å². The van der Waals surface area contributed by atoms with Gasteiger partial charge in [0.2, 0.25) is 0 Å². The number of hydrogen-bond acceptors (Lipinski definition) is 5. The van der Waals surface area contributed by atoms with E-state index in [1.807, 2.05) is 48.5 Å². The average Bonchev–Trinajstić information content (AvgIpc) is 2.87. The molecular weight excluding hydrogens is 487 g/mol. The monoisotopic (exact) mass is 506 g/mol. The number of amides is 1. The van der Waals surface area contributed by atoms with E-state index in [0.717, 1.165) is 11.3 Å². The molecule has 0 spiro atoms. The van der Waals surface area contributed by atoms with Crippen LogP contribution in [0.5, 0.6) is 23.0 Å². The van der Waals surface area contributed by atoms with E-state index in [1.165, 1.54) is 6.21 Å². The van der Waals surface area contributed by atoms with Gasteiger partial charge in [-0.1, -0.05) is 53.5 Å². The summed E-state index contributed by atoms with van der Waals surface area (Å²) in [5.41, 5.74) is 3.18. The zero-order chi connectivity index (χ0) is 24.5. The summed E-state index contributed by atoms with van der Waals surface area (Å²) in [6.45, 7) is 0. The van der Waals surface area contributed by atoms with Crippen molar-refractivity contribution in [2.45, 2.75) is 6.29 Å². The van der Waals surface area contributed by atoms with Crippen LogP contribution in [0.4, 0.5) is 0 Å². The molecule has 6 nitrogen and oxygen atoms in total. The third-order valence-corrected chi connectivity index (χ3v) is 5.06. The fourth-order valence-corrected chi connectivity index (χ4v) is 3.16. The number of rotatable bonds is 9. The largest absolute Gasteiger partial charge is 0.457 e. The van der Waals surface area contributed by atoms with Crippen molar-refractivity contribution in [1.82, 2.24) is 5.43 Å². The molecule has 0 atom stereocenters. The number of nitrogens with zero attached hydrogens (tertiary/aromatic N) is 1. The van der Waals surface area contributed by atoms with Gasteiger partial charge in [-0.05, 0) is 78.4 Å². The molecule has 4 aromatic carbocycles. The first kappa shape index (κ1) is 24.1. The minimum Gasteiger partial charge on any atom is -0.457 e. The maximum absolute atomic E-state index is 12.8. The molecule has 8 heteroatoms. The topological polar surface area (TPSA) is 69.2 Å². The summed E-state index contributed by atoms with van der Waals surface area (Å²) in [7, 11) is 0. The summed E-state index contributed by atoms with van der Waals surface area (Å²) in [6, 6.07) is 29.9. The molecule has 0 bridgehead atoms. The molecule has 0 aromatic heterocycles. The third-order valence-electron chi connectivity index (χ3n) is 4.55. The Hall–Kier alpha value is -4.00. The zero-order valence-corrected chi connectivity index (χ0v) is 19.8. The van der Waals surface area contributed by atoms with Gasteiger partial charge in [0, 0.05) is 10.0 Å². The normalized spacial score (nSPS) is 10.8. The van der Waals surface area contributed by atoms with Crippen LogP contribution in [0, 0.1) is 0 Å². The molecule has 176 valence electrons. The van der Waals surface area contributed by atoms with Crippen molar-refractivity contribution in [3.05, 3.63) is 119 Å². The number of benzene rings is 4. The summed E-state index contributed by atoms with van der Waals surface area (Å²) in [5, 5.41) is 5.12. The summed E-state index contributed by atoms with van der Waals surface area (Å²) in [5.74, 6) is 1.55. The second-order valence-electron chi connectivity index (χ2n) is 7.20. The fraction of sp³-hybridized carbons (Fsp3) is 0.0370. The summed E-state index contributed by atoms with van der Waals surface area (Å²) in [6.07, 6.45) is 0.180. The van der Waals surface area contributed by atoms with Gasteiger partial charge in [-0.15, -0.1) is 0 Å². The van der Waals surface area contributed by atoms with Crippen molar-refractivity contribution in [1.29, 1.82) is 0 Å². The number of para-hydroxylation sites is 1. The van der Waals surface area contributed by atoms with E-state index < -0.39 is 12.2 Å². The highest BCUT2D eigenvalue weighted by Gasteiger charge is 2.22. The van der Waals surface area contributed by atoms with Crippen LogP contribution < -0.4 is 19.6 Å². The fourth-order valence-electron chi connectivity index (χ4n) is 2.91. The van der Waals surface area contributed by atoms with E-state index in [2.05, 4.69) is 10.5 Å². The lowest BCUT2D eigenvalue weighted by Crippen LogP contribution is -2.40. The van der Waals surface area contributed by atoms with Gasteiger partial charge in [-0.3, -0.25) is 4.79 Å². The quantitative estimate of drug-likeness (QED) is 0.155. The van der Waals surface area contributed by atoms with Crippen LogP contribution >= 0.6 is 23.2 Å². The van der Waals surface area contributed by atoms with Crippen LogP contribution in [0.1, 0.15) is 5.56 Å². The molecule has 1 amide bonds. The molecule has 1 N–H and O–H groups in total. The molecule has 0 aliphatic rings. The van der Waals surface area contributed by atoms with Crippen LogP contribution in [0.15, 0.2) is 108 Å². The van der Waals surface area contributed by atoms with Gasteiger partial charge in [0.25, 0.3) is 0 Å². The maximum atomic E-state index is 12.8. The number of ether oxygens (including phenoxy) is 3. The number of hydrazone groups is 1. The number of hydrogen-bond donors (Lipinski definition) is 1. The van der Waals surface area contributed by atoms with Crippen molar-refractivity contribution in [3.63, 3.8) is 0 Å². The molecule has 0 saturated heterocycles. The summed E-state index contributed by atoms with van der Waals surface area (Å²) in [4.78, 5) is 12.8. The Labute approximate surface area is 212 Å². The SMILES string of the molecule is O=C(N/N=C\c1cccc(Oc2ccccc2)c1)C(Oc1ccc(Cl)cc1)Oc1ccc(Cl)cc1. The van der Waals surface area contributed by atoms with Crippen LogP contribution in [-0.4, -0.2) is 18.4 Å². The summed E-state index contributed by atoms with van der Waals surface area (Å²) < 4.78 is 17.3. The van der Waals surface area contributed by atoms with Crippen LogP contribution in [0.3, 0.4) is 0 Å². The predicted molar refractivity (Wildman–Crippen MR) is 137 cm³/mol. The van der Waals surface area contributed by atoms with Gasteiger partial charge in [-0.25, -0.2) is 5.43 Å². The van der Waals surface area contributed by atoms with Crippen molar-refractivity contribution >= 4 is 35.3 Å². The van der Waals surface area contributed by atoms with Crippen molar-refractivity contribution in [2.24, 2.45) is 5.10 Å². The first-order valence-electron chi connectivity index (χ1n) is 10.6. The van der Waals surface area contributed by atoms with Gasteiger partial charge in [-0.2, -0.15) is 5.10 Å². The minimum atomic E-state index is -1.32. The van der Waals surface area contributed by atoms with Crippen LogP contribution in [-0.2, 0) is 4.79 Å². The molecule has 0 aliphatic carbocycles. The number of halogens is 2. The second kappa shape index (κ2) is 11.9. The molecule has 0 unspecified atom stereocenters. The Morgan fingerprint density at radius 2 is 1.29 bits per heavy atom. The molecule has 35 heavy (non-hydrogen) atoms. The molecule has 0 heterocycles. The molecule has 0 radical (unpaired) electrons. The lowest BCUT2D eigenvalue weighted by molar-refractivity contribution is -0.140. The Kier molecular flexibility index (Phi) is 8.22. The maximum Gasteiger partial charge on any atom is 0.323 e. The molecular formula is C27H20Cl2N2O4. The standard InChI is InChI=1S/C27H20Cl2N2O4/c28-20-9-13-23(14-10-20)34-27(35-24-15-11-21(29)12-16-24)26(32)31-30-18-19-5-4-8-25(17-19)33-22-6-2-1-3-7-22/h1-18,27H,(H,31,32)/b30-18-. The average molecular weight is 507 g/mol. The first-order valence-corrected chi connectivity index (χ1v) is 11.3. The molecule has 0 saturated carbocycles. The number of carbonyl (C=O) groups is 1. The van der Waals surface area contributed by atoms with Gasteiger partial charge in [0.05, 0.1) is 6.21 Å². The highest BCUT2D eigenvalue weighted by molar-refractivity contribution is 6.30. The molecule has 0 aliphatic heterocycles. The first-order chi connectivity index (χ1) is 17.0. The third kappa shape index (κ3) is 7.50. The predicted octanol–water partition coefficient (Wildman–Crippen LogP) is 6.72. The Bertz CT molecular complexity index is 1230. The highest BCUT2D eigenvalue weighted by atomic mass is 35.5. The van der Waals surface area contributed by atoms with E-state index in [0.29, 0.717) is 27.3 Å². The zero-order valence-electron chi connectivity index (χ0n) is 18.3. The van der Waals surface area contributed by atoms with Crippen molar-refractivity contribution in [3.8, 4) is 23.0 Å². The smallest absolute Gasteiger partial charge is 0.323 e. The molecule has 4 aromatic rings. The van der Waals surface area contributed by atoms with E-state index >= 15 is 0 Å². The van der Waals surface area contributed by atoms with Gasteiger partial charge < -0.3 is 14.2 Å². The van der Waals surface area contributed by atoms with E-state index in [9.17, 15) is 4.79 Å². The van der Waals surface area contributed by atoms with Gasteiger partial charge >= 0.3 is 12.2 Å². The molecule has 0 fully saturated rings. The second-order valence-corrected chi connectivity index (χ2v) is 8.07. The Balaban J connectivity index is 1.43. The Morgan fingerprint density at radius 1 is 0.714 bits per heavy atom. The summed E-state index contributed by atoms with van der Waals surface area (Å²) >= 11 is 11.9. The lowest BCUT2D eigenvalue weighted by Gasteiger charge is -2.19. The van der Waals surface area contributed by atoms with E-state index in [-0.39, 0.29) is 0 Å². The number of nitrogens with one attached hydrogen (secondary N) is 1. The van der Waals surface area contributed by atoms with E-state index in [4.69, 9.17) is 37.4 Å². The highest BCUT2D eigenvalue weighted by Crippen LogP contribution is 2.22. The van der Waals surface area contributed by atoms with Gasteiger partial charge in [0.1, 0.15) is 23.0 Å². The van der Waals surface area contributed by atoms with Gasteiger partial charge in [0.15, 0.2) is 0 Å². The Morgan fingerprint density at radius 3 is 1.89 bits per heavy atom. The minimum absolute atomic E-state index is 0.401.